The van der Waals surface area contributed by atoms with E-state index >= 15 is 0 Å². The van der Waals surface area contributed by atoms with Gasteiger partial charge in [-0.2, -0.15) is 5.26 Å². The van der Waals surface area contributed by atoms with Gasteiger partial charge in [0.05, 0.1) is 29.7 Å². The topological polar surface area (TPSA) is 91.4 Å². The number of nitrogens with one attached hydrogen (secondary N) is 1. The first-order chi connectivity index (χ1) is 12.0. The number of nitriles is 1. The van der Waals surface area contributed by atoms with Crippen LogP contribution in [0, 0.1) is 21.4 Å². The molecular weight excluding hydrogens is 320 g/mol. The smallest absolute Gasteiger partial charge is 0.292 e. The molecule has 1 atom stereocenters. The van der Waals surface area contributed by atoms with Gasteiger partial charge in [0.25, 0.3) is 5.69 Å². The first kappa shape index (κ1) is 18.2. The Balaban J connectivity index is 2.31. The van der Waals surface area contributed by atoms with Crippen molar-refractivity contribution in [1.29, 1.82) is 5.26 Å². The zero-order valence-corrected chi connectivity index (χ0v) is 14.4. The van der Waals surface area contributed by atoms with Gasteiger partial charge in [-0.25, -0.2) is 0 Å². The van der Waals surface area contributed by atoms with E-state index in [4.69, 9.17) is 10.00 Å². The van der Waals surface area contributed by atoms with Crippen LogP contribution in [0.4, 0.5) is 11.4 Å². The largest absolute Gasteiger partial charge is 0.496 e. The quantitative estimate of drug-likeness (QED) is 0.615. The molecule has 0 fully saturated rings. The molecular formula is C18H20N4O3. The molecule has 0 aliphatic rings. The average Bonchev–Trinajstić information content (AvgIpc) is 2.61. The summed E-state index contributed by atoms with van der Waals surface area (Å²) in [4.78, 5) is 12.8. The monoisotopic (exact) mass is 340 g/mol. The van der Waals surface area contributed by atoms with Crippen molar-refractivity contribution < 1.29 is 9.66 Å². The number of methoxy groups -OCH3 is 1. The van der Waals surface area contributed by atoms with Gasteiger partial charge >= 0.3 is 0 Å². The number of anilines is 1. The molecule has 2 aromatic carbocycles. The summed E-state index contributed by atoms with van der Waals surface area (Å²) in [6.45, 7) is 0.420. The summed E-state index contributed by atoms with van der Waals surface area (Å²) in [7, 11) is 5.47. The lowest BCUT2D eigenvalue weighted by atomic mass is 10.0. The Labute approximate surface area is 146 Å². The second-order valence-electron chi connectivity index (χ2n) is 5.70. The third kappa shape index (κ3) is 4.25. The first-order valence-corrected chi connectivity index (χ1v) is 7.69. The Morgan fingerprint density at radius 1 is 1.32 bits per heavy atom. The summed E-state index contributed by atoms with van der Waals surface area (Å²) in [6.07, 6.45) is 0. The minimum absolute atomic E-state index is 0.0588. The Hall–Kier alpha value is -3.11. The zero-order chi connectivity index (χ0) is 18.4. The van der Waals surface area contributed by atoms with Crippen molar-refractivity contribution in [1.82, 2.24) is 4.90 Å². The third-order valence-corrected chi connectivity index (χ3v) is 3.93. The van der Waals surface area contributed by atoms with Crippen LogP contribution >= 0.6 is 0 Å². The number of likely N-dealkylation sites (N-methyl/N-ethyl adjacent to an activating group) is 1. The Kier molecular flexibility index (Phi) is 5.93. The molecule has 0 spiro atoms. The van der Waals surface area contributed by atoms with Crippen LogP contribution in [0.25, 0.3) is 0 Å². The highest BCUT2D eigenvalue weighted by molar-refractivity contribution is 5.64. The number of para-hydroxylation sites is 1. The van der Waals surface area contributed by atoms with Crippen LogP contribution in [0.5, 0.6) is 5.75 Å². The molecule has 1 N–H and O–H groups in total. The highest BCUT2D eigenvalue weighted by Gasteiger charge is 2.20. The fourth-order valence-electron chi connectivity index (χ4n) is 2.63. The average molecular weight is 340 g/mol. The minimum Gasteiger partial charge on any atom is -0.496 e. The van der Waals surface area contributed by atoms with E-state index in [0.717, 1.165) is 11.3 Å². The van der Waals surface area contributed by atoms with E-state index in [9.17, 15) is 10.1 Å². The van der Waals surface area contributed by atoms with Crippen LogP contribution in [-0.4, -0.2) is 37.6 Å². The van der Waals surface area contributed by atoms with E-state index in [1.165, 1.54) is 18.2 Å². The van der Waals surface area contributed by atoms with Gasteiger partial charge in [-0.1, -0.05) is 18.2 Å². The maximum atomic E-state index is 11.2. The molecule has 0 bridgehead atoms. The van der Waals surface area contributed by atoms with Crippen LogP contribution in [0.1, 0.15) is 17.2 Å². The number of hydrogen-bond donors (Lipinski definition) is 1. The van der Waals surface area contributed by atoms with E-state index < -0.39 is 4.92 Å². The fraction of sp³-hybridized carbons (Fsp3) is 0.278. The van der Waals surface area contributed by atoms with Crippen LogP contribution in [-0.2, 0) is 0 Å². The molecule has 0 saturated carbocycles. The summed E-state index contributed by atoms with van der Waals surface area (Å²) < 4.78 is 5.42. The van der Waals surface area contributed by atoms with Gasteiger partial charge in [0.1, 0.15) is 11.4 Å². The van der Waals surface area contributed by atoms with E-state index in [2.05, 4.69) is 5.32 Å². The maximum absolute atomic E-state index is 11.2. The van der Waals surface area contributed by atoms with Gasteiger partial charge in [0.15, 0.2) is 0 Å². The Morgan fingerprint density at radius 2 is 2.04 bits per heavy atom. The molecule has 1 unspecified atom stereocenters. The summed E-state index contributed by atoms with van der Waals surface area (Å²) >= 11 is 0. The van der Waals surface area contributed by atoms with Crippen LogP contribution in [0.3, 0.4) is 0 Å². The molecule has 130 valence electrons. The number of nitro benzene ring substituents is 1. The standard InChI is InChI=1S/C18H20N4O3/c1-21(2)17(14-6-4-5-7-18(14)25-3)12-20-15-10-13(11-19)8-9-16(15)22(23)24/h4-10,17,20H,12H2,1-3H3. The number of hydrogen-bond acceptors (Lipinski definition) is 6. The second-order valence-corrected chi connectivity index (χ2v) is 5.70. The lowest BCUT2D eigenvalue weighted by Crippen LogP contribution is -2.27. The molecule has 7 nitrogen and oxygen atoms in total. The predicted octanol–water partition coefficient (Wildman–Crippen LogP) is 3.19. The zero-order valence-electron chi connectivity index (χ0n) is 14.4. The molecule has 7 heteroatoms. The maximum Gasteiger partial charge on any atom is 0.292 e. The number of nitrogens with zero attached hydrogens (tertiary/aromatic N) is 3. The summed E-state index contributed by atoms with van der Waals surface area (Å²) in [5.41, 5.74) is 1.61. The molecule has 0 amide bonds. The van der Waals surface area contributed by atoms with Crippen molar-refractivity contribution in [2.75, 3.05) is 33.1 Å². The van der Waals surface area contributed by atoms with Crippen molar-refractivity contribution in [3.8, 4) is 11.8 Å². The highest BCUT2D eigenvalue weighted by Crippen LogP contribution is 2.30. The van der Waals surface area contributed by atoms with E-state index in [0.29, 0.717) is 17.8 Å². The predicted molar refractivity (Wildman–Crippen MR) is 95.7 cm³/mol. The van der Waals surface area contributed by atoms with Crippen molar-refractivity contribution in [2.24, 2.45) is 0 Å². The summed E-state index contributed by atoms with van der Waals surface area (Å²) in [5, 5.41) is 23.4. The molecule has 0 aromatic heterocycles. The van der Waals surface area contributed by atoms with Gasteiger partial charge in [0, 0.05) is 18.2 Å². The Morgan fingerprint density at radius 3 is 2.64 bits per heavy atom. The van der Waals surface area contributed by atoms with Gasteiger partial charge in [-0.15, -0.1) is 0 Å². The fourth-order valence-corrected chi connectivity index (χ4v) is 2.63. The summed E-state index contributed by atoms with van der Waals surface area (Å²) in [5.74, 6) is 0.753. The van der Waals surface area contributed by atoms with E-state index in [-0.39, 0.29) is 11.7 Å². The minimum atomic E-state index is -0.461. The van der Waals surface area contributed by atoms with Crippen LogP contribution < -0.4 is 10.1 Å². The molecule has 0 aliphatic heterocycles. The van der Waals surface area contributed by atoms with Crippen LogP contribution in [0.15, 0.2) is 42.5 Å². The number of rotatable bonds is 7. The molecule has 0 aliphatic carbocycles. The van der Waals surface area contributed by atoms with E-state index in [1.807, 2.05) is 49.3 Å². The molecule has 25 heavy (non-hydrogen) atoms. The normalized spacial score (nSPS) is 11.6. The lowest BCUT2D eigenvalue weighted by Gasteiger charge is -2.27. The van der Waals surface area contributed by atoms with Crippen molar-refractivity contribution >= 4 is 11.4 Å². The lowest BCUT2D eigenvalue weighted by molar-refractivity contribution is -0.384. The molecule has 0 radical (unpaired) electrons. The van der Waals surface area contributed by atoms with Crippen molar-refractivity contribution in [2.45, 2.75) is 6.04 Å². The van der Waals surface area contributed by atoms with Crippen molar-refractivity contribution in [3.05, 3.63) is 63.7 Å². The number of ether oxygens (including phenoxy) is 1. The highest BCUT2D eigenvalue weighted by atomic mass is 16.6. The molecule has 0 heterocycles. The number of benzene rings is 2. The Bertz CT molecular complexity index is 799. The molecule has 2 aromatic rings. The van der Waals surface area contributed by atoms with Gasteiger partial charge < -0.3 is 15.0 Å². The first-order valence-electron chi connectivity index (χ1n) is 7.69. The SMILES string of the molecule is COc1ccccc1C(CNc1cc(C#N)ccc1[N+](=O)[O-])N(C)C. The van der Waals surface area contributed by atoms with E-state index in [1.54, 1.807) is 7.11 Å². The second kappa shape index (κ2) is 8.13. The van der Waals surface area contributed by atoms with Crippen LogP contribution in [0.2, 0.25) is 0 Å². The van der Waals surface area contributed by atoms with Gasteiger partial charge in [0.2, 0.25) is 0 Å². The van der Waals surface area contributed by atoms with Gasteiger partial charge in [-0.05, 0) is 32.3 Å². The molecule has 0 saturated heterocycles. The molecule has 2 rings (SSSR count). The number of nitro groups is 1. The summed E-state index contributed by atoms with van der Waals surface area (Å²) in [6, 6.07) is 13.9. The third-order valence-electron chi connectivity index (χ3n) is 3.93. The van der Waals surface area contributed by atoms with Gasteiger partial charge in [-0.3, -0.25) is 10.1 Å². The van der Waals surface area contributed by atoms with Crippen molar-refractivity contribution in [3.63, 3.8) is 0 Å².